The summed E-state index contributed by atoms with van der Waals surface area (Å²) >= 11 is 12.4. The van der Waals surface area contributed by atoms with Crippen LogP contribution in [0.15, 0.2) is 42.5 Å². The molecule has 1 aliphatic heterocycles. The van der Waals surface area contributed by atoms with E-state index < -0.39 is 5.60 Å². The van der Waals surface area contributed by atoms with Gasteiger partial charge in [0, 0.05) is 18.6 Å². The highest BCUT2D eigenvalue weighted by molar-refractivity contribution is 6.37. The molecule has 3 rings (SSSR count). The van der Waals surface area contributed by atoms with Crippen molar-refractivity contribution in [1.82, 2.24) is 4.90 Å². The highest BCUT2D eigenvalue weighted by Crippen LogP contribution is 2.37. The van der Waals surface area contributed by atoms with Crippen molar-refractivity contribution in [2.45, 2.75) is 58.3 Å². The summed E-state index contributed by atoms with van der Waals surface area (Å²) in [5, 5.41) is 0.917. The Kier molecular flexibility index (Phi) is 7.77. The minimum Gasteiger partial charge on any atom is -0.460 e. The van der Waals surface area contributed by atoms with Crippen LogP contribution in [0, 0.1) is 0 Å². The Hall–Kier alpha value is -1.79. The molecule has 1 heterocycles. The van der Waals surface area contributed by atoms with Gasteiger partial charge in [-0.3, -0.25) is 9.69 Å². The van der Waals surface area contributed by atoms with E-state index in [1.54, 1.807) is 18.2 Å². The molecule has 0 radical (unpaired) electrons. The van der Waals surface area contributed by atoms with Gasteiger partial charge in [0.25, 0.3) is 0 Å². The molecule has 1 fully saturated rings. The molecule has 1 saturated heterocycles. The second-order valence-electron chi connectivity index (χ2n) is 9.62. The van der Waals surface area contributed by atoms with Crippen LogP contribution < -0.4 is 4.74 Å². The molecular formula is C25H31Cl2NO4. The smallest absolute Gasteiger partial charge is 0.307 e. The van der Waals surface area contributed by atoms with Gasteiger partial charge in [-0.05, 0) is 64.4 Å². The lowest BCUT2D eigenvalue weighted by molar-refractivity contribution is -0.157. The maximum Gasteiger partial charge on any atom is 0.307 e. The molecule has 0 aliphatic carbocycles. The molecule has 5 nitrogen and oxygen atoms in total. The van der Waals surface area contributed by atoms with E-state index in [1.807, 2.05) is 45.0 Å². The van der Waals surface area contributed by atoms with Crippen molar-refractivity contribution in [3.63, 3.8) is 0 Å². The maximum absolute atomic E-state index is 12.2. The van der Waals surface area contributed by atoms with Gasteiger partial charge >= 0.3 is 5.97 Å². The number of benzene rings is 2. The number of morpholine rings is 1. The van der Waals surface area contributed by atoms with E-state index in [0.717, 1.165) is 5.56 Å². The first-order valence-electron chi connectivity index (χ1n) is 10.7. The minimum atomic E-state index is -0.474. The third-order valence-electron chi connectivity index (χ3n) is 5.28. The standard InChI is InChI=1S/C25H31Cl2NO4/c1-24(2,3)32-22(29)13-14-28-15-21(30-16-25(28,4)5)17-9-11-18(12-10-17)31-23-19(26)7-6-8-20(23)27/h6-12,21H,13-16H2,1-5H3. The molecule has 1 unspecified atom stereocenters. The lowest BCUT2D eigenvalue weighted by Gasteiger charge is -2.45. The van der Waals surface area contributed by atoms with E-state index in [4.69, 9.17) is 37.4 Å². The average Bonchev–Trinajstić information content (AvgIpc) is 2.69. The van der Waals surface area contributed by atoms with Crippen LogP contribution in [0.1, 0.15) is 52.7 Å². The van der Waals surface area contributed by atoms with Gasteiger partial charge in [0.05, 0.1) is 29.2 Å². The molecule has 32 heavy (non-hydrogen) atoms. The summed E-state index contributed by atoms with van der Waals surface area (Å²) in [6.07, 6.45) is 0.248. The Morgan fingerprint density at radius 1 is 1.12 bits per heavy atom. The SMILES string of the molecule is CC(C)(C)OC(=O)CCN1CC(c2ccc(Oc3c(Cl)cccc3Cl)cc2)OCC1(C)C. The van der Waals surface area contributed by atoms with Crippen LogP contribution >= 0.6 is 23.2 Å². The Labute approximate surface area is 200 Å². The largest absolute Gasteiger partial charge is 0.460 e. The molecule has 0 spiro atoms. The van der Waals surface area contributed by atoms with Gasteiger partial charge in [0.1, 0.15) is 11.4 Å². The highest BCUT2D eigenvalue weighted by atomic mass is 35.5. The van der Waals surface area contributed by atoms with Crippen LogP contribution in [-0.2, 0) is 14.3 Å². The van der Waals surface area contributed by atoms with Crippen molar-refractivity contribution < 1.29 is 19.0 Å². The zero-order valence-corrected chi connectivity index (χ0v) is 20.8. The fourth-order valence-corrected chi connectivity index (χ4v) is 4.03. The normalized spacial score (nSPS) is 18.9. The van der Waals surface area contributed by atoms with Gasteiger partial charge in [-0.25, -0.2) is 0 Å². The Bertz CT molecular complexity index is 918. The fraction of sp³-hybridized carbons (Fsp3) is 0.480. The van der Waals surface area contributed by atoms with Crippen molar-refractivity contribution in [2.75, 3.05) is 19.7 Å². The molecule has 0 bridgehead atoms. The fourth-order valence-electron chi connectivity index (χ4n) is 3.56. The number of halogens is 2. The van der Waals surface area contributed by atoms with E-state index in [0.29, 0.717) is 47.7 Å². The zero-order valence-electron chi connectivity index (χ0n) is 19.3. The molecule has 2 aromatic rings. The second kappa shape index (κ2) is 10.0. The molecule has 1 aliphatic rings. The van der Waals surface area contributed by atoms with Crippen LogP contribution in [0.4, 0.5) is 0 Å². The summed E-state index contributed by atoms with van der Waals surface area (Å²) in [6.45, 7) is 11.8. The molecule has 0 amide bonds. The third kappa shape index (κ3) is 6.61. The van der Waals surface area contributed by atoms with Crippen molar-refractivity contribution in [1.29, 1.82) is 0 Å². The number of para-hydroxylation sites is 1. The lowest BCUT2D eigenvalue weighted by atomic mass is 9.97. The van der Waals surface area contributed by atoms with Crippen LogP contribution in [-0.4, -0.2) is 41.7 Å². The average molecular weight is 480 g/mol. The first-order valence-corrected chi connectivity index (χ1v) is 11.5. The van der Waals surface area contributed by atoms with Crippen molar-refractivity contribution >= 4 is 29.2 Å². The van der Waals surface area contributed by atoms with E-state index in [1.165, 1.54) is 0 Å². The Morgan fingerprint density at radius 2 is 1.75 bits per heavy atom. The molecule has 2 aromatic carbocycles. The van der Waals surface area contributed by atoms with Gasteiger partial charge in [-0.1, -0.05) is 41.4 Å². The Morgan fingerprint density at radius 3 is 2.34 bits per heavy atom. The van der Waals surface area contributed by atoms with Crippen LogP contribution in [0.5, 0.6) is 11.5 Å². The van der Waals surface area contributed by atoms with Gasteiger partial charge < -0.3 is 14.2 Å². The van der Waals surface area contributed by atoms with Crippen molar-refractivity contribution in [3.8, 4) is 11.5 Å². The summed E-state index contributed by atoms with van der Waals surface area (Å²) in [5.74, 6) is 0.894. The number of nitrogens with zero attached hydrogens (tertiary/aromatic N) is 1. The molecule has 0 aromatic heterocycles. The molecule has 0 N–H and O–H groups in total. The van der Waals surface area contributed by atoms with Gasteiger partial charge in [0.15, 0.2) is 5.75 Å². The van der Waals surface area contributed by atoms with Gasteiger partial charge in [0.2, 0.25) is 0 Å². The number of hydrogen-bond donors (Lipinski definition) is 0. The molecule has 1 atom stereocenters. The first kappa shape index (κ1) is 24.8. The van der Waals surface area contributed by atoms with E-state index in [9.17, 15) is 4.79 Å². The van der Waals surface area contributed by atoms with Gasteiger partial charge in [-0.2, -0.15) is 0 Å². The van der Waals surface area contributed by atoms with Crippen LogP contribution in [0.2, 0.25) is 10.0 Å². The number of hydrogen-bond acceptors (Lipinski definition) is 5. The number of esters is 1. The van der Waals surface area contributed by atoms with E-state index in [-0.39, 0.29) is 17.6 Å². The summed E-state index contributed by atoms with van der Waals surface area (Å²) in [5.41, 5.74) is 0.404. The number of ether oxygens (including phenoxy) is 3. The molecular weight excluding hydrogens is 449 g/mol. The zero-order chi connectivity index (χ0) is 23.5. The summed E-state index contributed by atoms with van der Waals surface area (Å²) in [4.78, 5) is 14.5. The number of carbonyl (C=O) groups is 1. The summed E-state index contributed by atoms with van der Waals surface area (Å²) in [6, 6.07) is 13.0. The summed E-state index contributed by atoms with van der Waals surface area (Å²) in [7, 11) is 0. The summed E-state index contributed by atoms with van der Waals surface area (Å²) < 4.78 is 17.5. The molecule has 174 valence electrons. The predicted molar refractivity (Wildman–Crippen MR) is 128 cm³/mol. The predicted octanol–water partition coefficient (Wildman–Crippen LogP) is 6.67. The molecule has 7 heteroatoms. The van der Waals surface area contributed by atoms with Gasteiger partial charge in [-0.15, -0.1) is 0 Å². The highest BCUT2D eigenvalue weighted by Gasteiger charge is 2.36. The van der Waals surface area contributed by atoms with Crippen molar-refractivity contribution in [2.24, 2.45) is 0 Å². The number of carbonyl (C=O) groups excluding carboxylic acids is 1. The lowest BCUT2D eigenvalue weighted by Crippen LogP contribution is -2.54. The third-order valence-corrected chi connectivity index (χ3v) is 5.87. The first-order chi connectivity index (χ1) is 14.9. The van der Waals surface area contributed by atoms with Crippen molar-refractivity contribution in [3.05, 3.63) is 58.1 Å². The van der Waals surface area contributed by atoms with Crippen LogP contribution in [0.25, 0.3) is 0 Å². The maximum atomic E-state index is 12.2. The van der Waals surface area contributed by atoms with E-state index in [2.05, 4.69) is 18.7 Å². The Balaban J connectivity index is 1.64. The van der Waals surface area contributed by atoms with E-state index >= 15 is 0 Å². The second-order valence-corrected chi connectivity index (χ2v) is 10.4. The topological polar surface area (TPSA) is 48.0 Å². The molecule has 0 saturated carbocycles. The van der Waals surface area contributed by atoms with Crippen LogP contribution in [0.3, 0.4) is 0 Å². The number of rotatable bonds is 6. The monoisotopic (exact) mass is 479 g/mol. The quantitative estimate of drug-likeness (QED) is 0.432. The minimum absolute atomic E-state index is 0.0976.